The maximum absolute atomic E-state index is 5.81. The van der Waals surface area contributed by atoms with Crippen molar-refractivity contribution >= 4 is 23.1 Å². The number of benzene rings is 1. The van der Waals surface area contributed by atoms with Gasteiger partial charge >= 0.3 is 0 Å². The molecule has 1 aliphatic heterocycles. The van der Waals surface area contributed by atoms with Gasteiger partial charge < -0.3 is 30.7 Å². The number of aromatic nitrogens is 3. The monoisotopic (exact) mass is 449 g/mol. The molecule has 0 amide bonds. The number of hydrogen-bond acceptors (Lipinski definition) is 9. The molecular formula is C24H31N7O2. The van der Waals surface area contributed by atoms with Crippen LogP contribution < -0.4 is 21.1 Å². The zero-order valence-electron chi connectivity index (χ0n) is 19.1. The van der Waals surface area contributed by atoms with Crippen LogP contribution in [0.2, 0.25) is 0 Å². The zero-order chi connectivity index (χ0) is 23.0. The number of ether oxygens (including phenoxy) is 2. The Morgan fingerprint density at radius 3 is 2.61 bits per heavy atom. The maximum Gasteiger partial charge on any atom is 0.150 e. The third-order valence-electron chi connectivity index (χ3n) is 5.61. The summed E-state index contributed by atoms with van der Waals surface area (Å²) in [5, 5.41) is 6.97. The van der Waals surface area contributed by atoms with E-state index in [1.165, 1.54) is 6.20 Å². The first-order chi connectivity index (χ1) is 16.1. The molecule has 9 heteroatoms. The second-order valence-corrected chi connectivity index (χ2v) is 8.16. The molecule has 2 aromatic heterocycles. The summed E-state index contributed by atoms with van der Waals surface area (Å²) in [6.45, 7) is 3.20. The van der Waals surface area contributed by atoms with Gasteiger partial charge in [-0.3, -0.25) is 0 Å². The van der Waals surface area contributed by atoms with Gasteiger partial charge in [0.1, 0.15) is 29.8 Å². The van der Waals surface area contributed by atoms with Crippen LogP contribution in [0.15, 0.2) is 48.9 Å². The predicted molar refractivity (Wildman–Crippen MR) is 131 cm³/mol. The van der Waals surface area contributed by atoms with Crippen molar-refractivity contribution in [2.24, 2.45) is 0 Å². The Hall–Kier alpha value is -3.43. The summed E-state index contributed by atoms with van der Waals surface area (Å²) in [5.41, 5.74) is 8.71. The smallest absolute Gasteiger partial charge is 0.150 e. The lowest BCUT2D eigenvalue weighted by atomic mass is 10.0. The Kier molecular flexibility index (Phi) is 7.54. The van der Waals surface area contributed by atoms with Gasteiger partial charge in [-0.2, -0.15) is 0 Å². The van der Waals surface area contributed by atoms with Crippen molar-refractivity contribution in [1.82, 2.24) is 19.9 Å². The molecular weight excluding hydrogens is 418 g/mol. The van der Waals surface area contributed by atoms with Crippen molar-refractivity contribution in [1.29, 1.82) is 0 Å². The summed E-state index contributed by atoms with van der Waals surface area (Å²) >= 11 is 0. The van der Waals surface area contributed by atoms with Crippen molar-refractivity contribution in [3.8, 4) is 16.9 Å². The minimum absolute atomic E-state index is 0.376. The number of nitrogens with zero attached hydrogens (tertiary/aromatic N) is 4. The number of nitrogens with one attached hydrogen (secondary N) is 2. The van der Waals surface area contributed by atoms with Crippen LogP contribution in [0.4, 0.5) is 23.1 Å². The lowest BCUT2D eigenvalue weighted by Gasteiger charge is -2.31. The highest BCUT2D eigenvalue weighted by molar-refractivity contribution is 5.80. The molecule has 0 aliphatic carbocycles. The van der Waals surface area contributed by atoms with E-state index in [4.69, 9.17) is 15.2 Å². The van der Waals surface area contributed by atoms with Crippen LogP contribution in [0.5, 0.6) is 5.75 Å². The van der Waals surface area contributed by atoms with Crippen molar-refractivity contribution in [3.63, 3.8) is 0 Å². The summed E-state index contributed by atoms with van der Waals surface area (Å²) in [7, 11) is 3.83. The Morgan fingerprint density at radius 1 is 1.03 bits per heavy atom. The fourth-order valence-corrected chi connectivity index (χ4v) is 3.78. The summed E-state index contributed by atoms with van der Waals surface area (Å²) < 4.78 is 10.9. The van der Waals surface area contributed by atoms with E-state index in [0.29, 0.717) is 36.7 Å². The van der Waals surface area contributed by atoms with Crippen molar-refractivity contribution in [2.75, 3.05) is 56.8 Å². The number of methoxy groups -OCH3 is 1. The second kappa shape index (κ2) is 10.9. The van der Waals surface area contributed by atoms with Crippen LogP contribution in [-0.4, -0.2) is 66.4 Å². The highest BCUT2D eigenvalue weighted by atomic mass is 16.5. The van der Waals surface area contributed by atoms with Crippen LogP contribution in [0.25, 0.3) is 11.1 Å². The normalized spacial score (nSPS) is 14.7. The van der Waals surface area contributed by atoms with E-state index in [0.717, 1.165) is 48.5 Å². The second-order valence-electron chi connectivity index (χ2n) is 8.16. The predicted octanol–water partition coefficient (Wildman–Crippen LogP) is 3.40. The number of anilines is 4. The van der Waals surface area contributed by atoms with E-state index in [2.05, 4.69) is 43.6 Å². The Labute approximate surface area is 194 Å². The molecule has 0 bridgehead atoms. The van der Waals surface area contributed by atoms with Crippen LogP contribution in [0, 0.1) is 0 Å². The van der Waals surface area contributed by atoms with E-state index in [1.807, 2.05) is 30.5 Å². The molecule has 1 aliphatic rings. The van der Waals surface area contributed by atoms with E-state index < -0.39 is 0 Å². The number of nitrogens with two attached hydrogens (primary N) is 1. The van der Waals surface area contributed by atoms with Gasteiger partial charge in [0.05, 0.1) is 19.0 Å². The van der Waals surface area contributed by atoms with Crippen LogP contribution in [0.3, 0.4) is 0 Å². The van der Waals surface area contributed by atoms with E-state index in [9.17, 15) is 0 Å². The molecule has 1 aromatic carbocycles. The molecule has 3 heterocycles. The Balaban J connectivity index is 1.60. The minimum atomic E-state index is 0.376. The van der Waals surface area contributed by atoms with Crippen molar-refractivity contribution in [3.05, 3.63) is 48.9 Å². The lowest BCUT2D eigenvalue weighted by Crippen LogP contribution is -2.36. The van der Waals surface area contributed by atoms with Crippen molar-refractivity contribution < 1.29 is 9.47 Å². The van der Waals surface area contributed by atoms with Gasteiger partial charge in [0.15, 0.2) is 0 Å². The molecule has 0 spiro atoms. The Morgan fingerprint density at radius 2 is 1.85 bits per heavy atom. The lowest BCUT2D eigenvalue weighted by molar-refractivity contribution is 0.146. The number of likely N-dealkylation sites (tertiary alicyclic amines) is 1. The fraction of sp³-hybridized carbons (Fsp3) is 0.375. The average Bonchev–Trinajstić information content (AvgIpc) is 2.83. The third kappa shape index (κ3) is 6.30. The van der Waals surface area contributed by atoms with Crippen molar-refractivity contribution in [2.45, 2.75) is 18.9 Å². The highest BCUT2D eigenvalue weighted by Gasteiger charge is 2.19. The molecule has 0 saturated carbocycles. The van der Waals surface area contributed by atoms with Crippen LogP contribution in [0.1, 0.15) is 12.8 Å². The van der Waals surface area contributed by atoms with E-state index in [-0.39, 0.29) is 0 Å². The van der Waals surface area contributed by atoms with Crippen LogP contribution in [-0.2, 0) is 4.74 Å². The number of hydrogen-bond donors (Lipinski definition) is 3. The van der Waals surface area contributed by atoms with E-state index >= 15 is 0 Å². The molecule has 4 rings (SSSR count). The van der Waals surface area contributed by atoms with Gasteiger partial charge in [0, 0.05) is 36.7 Å². The first kappa shape index (κ1) is 22.8. The largest absolute Gasteiger partial charge is 0.491 e. The number of pyridine rings is 1. The topological polar surface area (TPSA) is 110 Å². The number of nitrogen functional groups attached to an aromatic ring is 1. The quantitative estimate of drug-likeness (QED) is 0.423. The molecule has 1 fully saturated rings. The number of piperidine rings is 1. The van der Waals surface area contributed by atoms with Gasteiger partial charge in [-0.15, -0.1) is 0 Å². The number of rotatable bonds is 9. The third-order valence-corrected chi connectivity index (χ3v) is 5.61. The molecule has 3 aromatic rings. The average molecular weight is 450 g/mol. The first-order valence-corrected chi connectivity index (χ1v) is 11.1. The molecule has 0 radical (unpaired) electrons. The summed E-state index contributed by atoms with van der Waals surface area (Å²) in [6, 6.07) is 10.5. The van der Waals surface area contributed by atoms with Gasteiger partial charge in [-0.25, -0.2) is 15.0 Å². The minimum Gasteiger partial charge on any atom is -0.491 e. The standard InChI is InChI=1S/C24H31N7O2/c1-31-8-6-18(7-9-31)29-21-13-23(30-24-16-26-22(25)15-28-24)27-14-20(21)17-4-3-5-19(12-17)33-11-10-32-2/h3-5,12-16,18H,6-11H2,1-2H3,(H2,25,26)(H2,27,28,29,30). The highest BCUT2D eigenvalue weighted by Crippen LogP contribution is 2.33. The first-order valence-electron chi connectivity index (χ1n) is 11.1. The van der Waals surface area contributed by atoms with Gasteiger partial charge in [-0.1, -0.05) is 12.1 Å². The molecule has 4 N–H and O–H groups in total. The summed E-state index contributed by atoms with van der Waals surface area (Å²) in [4.78, 5) is 15.3. The molecule has 0 atom stereocenters. The molecule has 33 heavy (non-hydrogen) atoms. The van der Waals surface area contributed by atoms with Gasteiger partial charge in [0.25, 0.3) is 0 Å². The molecule has 9 nitrogen and oxygen atoms in total. The summed E-state index contributed by atoms with van der Waals surface area (Å²) in [5.74, 6) is 2.44. The van der Waals surface area contributed by atoms with Gasteiger partial charge in [-0.05, 0) is 50.7 Å². The van der Waals surface area contributed by atoms with Crippen LogP contribution >= 0.6 is 0 Å². The molecule has 0 unspecified atom stereocenters. The zero-order valence-corrected chi connectivity index (χ0v) is 19.1. The van der Waals surface area contributed by atoms with E-state index in [1.54, 1.807) is 13.3 Å². The maximum atomic E-state index is 5.81. The van der Waals surface area contributed by atoms with Gasteiger partial charge in [0.2, 0.25) is 0 Å². The fourth-order valence-electron chi connectivity index (χ4n) is 3.78. The summed E-state index contributed by atoms with van der Waals surface area (Å²) in [6.07, 6.45) is 7.16. The molecule has 174 valence electrons. The SMILES string of the molecule is COCCOc1cccc(-c2cnc(Nc3cnc(N)cn3)cc2NC2CCN(C)CC2)c1. The molecule has 1 saturated heterocycles. The Bertz CT molecular complexity index is 1040.